The molecule has 0 radical (unpaired) electrons. The summed E-state index contributed by atoms with van der Waals surface area (Å²) >= 11 is 6.02. The summed E-state index contributed by atoms with van der Waals surface area (Å²) in [5.41, 5.74) is 2.38. The van der Waals surface area contributed by atoms with Gasteiger partial charge in [0.25, 0.3) is 5.91 Å². The van der Waals surface area contributed by atoms with Crippen LogP contribution in [0.4, 0.5) is 5.69 Å². The molecule has 146 valence electrons. The number of nitrogens with one attached hydrogen (secondary N) is 1. The van der Waals surface area contributed by atoms with Gasteiger partial charge in [-0.05, 0) is 55.3 Å². The van der Waals surface area contributed by atoms with Crippen LogP contribution in [0.25, 0.3) is 6.08 Å². The van der Waals surface area contributed by atoms with Crippen LogP contribution in [-0.4, -0.2) is 31.1 Å². The summed E-state index contributed by atoms with van der Waals surface area (Å²) in [4.78, 5) is 35.5. The lowest BCUT2D eigenvalue weighted by Crippen LogP contribution is -2.29. The van der Waals surface area contributed by atoms with Gasteiger partial charge in [-0.15, -0.1) is 0 Å². The van der Waals surface area contributed by atoms with Gasteiger partial charge in [-0.2, -0.15) is 0 Å². The van der Waals surface area contributed by atoms with E-state index in [1.807, 2.05) is 0 Å². The zero-order valence-electron chi connectivity index (χ0n) is 15.7. The Morgan fingerprint density at radius 2 is 1.79 bits per heavy atom. The second-order valence-electron chi connectivity index (χ2n) is 5.93. The van der Waals surface area contributed by atoms with E-state index in [0.717, 1.165) is 5.56 Å². The molecule has 28 heavy (non-hydrogen) atoms. The summed E-state index contributed by atoms with van der Waals surface area (Å²) in [5.74, 6) is -1.57. The summed E-state index contributed by atoms with van der Waals surface area (Å²) < 4.78 is 9.73. The summed E-state index contributed by atoms with van der Waals surface area (Å²) in [7, 11) is 1.30. The van der Waals surface area contributed by atoms with E-state index in [1.165, 1.54) is 26.2 Å². The van der Waals surface area contributed by atoms with Gasteiger partial charge in [0.1, 0.15) is 0 Å². The number of methoxy groups -OCH3 is 1. The minimum atomic E-state index is -0.989. The molecule has 1 atom stereocenters. The Hall–Kier alpha value is -3.12. The Morgan fingerprint density at radius 3 is 2.43 bits per heavy atom. The van der Waals surface area contributed by atoms with Crippen LogP contribution < -0.4 is 5.32 Å². The van der Waals surface area contributed by atoms with E-state index in [4.69, 9.17) is 16.3 Å². The van der Waals surface area contributed by atoms with Crippen molar-refractivity contribution in [2.75, 3.05) is 12.4 Å². The molecule has 2 aromatic rings. The summed E-state index contributed by atoms with van der Waals surface area (Å²) in [6, 6.07) is 11.6. The van der Waals surface area contributed by atoms with Gasteiger partial charge in [-0.25, -0.2) is 9.59 Å². The molecule has 0 unspecified atom stereocenters. The highest BCUT2D eigenvalue weighted by atomic mass is 35.5. The molecule has 0 aliphatic heterocycles. The minimum Gasteiger partial charge on any atom is -0.465 e. The molecule has 7 heteroatoms. The van der Waals surface area contributed by atoms with Crippen LogP contribution in [0.3, 0.4) is 0 Å². The molecule has 0 fully saturated rings. The van der Waals surface area contributed by atoms with Crippen molar-refractivity contribution < 1.29 is 23.9 Å². The molecule has 6 nitrogen and oxygen atoms in total. The van der Waals surface area contributed by atoms with Crippen LogP contribution in [0.15, 0.2) is 48.5 Å². The summed E-state index contributed by atoms with van der Waals surface area (Å²) in [5, 5.41) is 3.21. The standard InChI is InChI=1S/C21H20ClNO5/c1-13-17(22)5-4-6-18(13)23-20(25)14(2)28-19(24)12-9-15-7-10-16(11-8-15)21(26)27-3/h4-12,14H,1-3H3,(H,23,25)/b12-9+/t14-/m0/s1. The van der Waals surface area contributed by atoms with Gasteiger partial charge in [-0.3, -0.25) is 4.79 Å². The molecule has 0 aromatic heterocycles. The fourth-order valence-electron chi connectivity index (χ4n) is 2.26. The van der Waals surface area contributed by atoms with Crippen LogP contribution in [0.2, 0.25) is 5.02 Å². The van der Waals surface area contributed by atoms with Crippen molar-refractivity contribution in [2.45, 2.75) is 20.0 Å². The Balaban J connectivity index is 1.92. The maximum absolute atomic E-state index is 12.2. The van der Waals surface area contributed by atoms with Crippen molar-refractivity contribution in [1.82, 2.24) is 0 Å². The number of esters is 2. The number of carbonyl (C=O) groups excluding carboxylic acids is 3. The minimum absolute atomic E-state index is 0.406. The van der Waals surface area contributed by atoms with Gasteiger partial charge in [0, 0.05) is 16.8 Å². The number of rotatable bonds is 6. The lowest BCUT2D eigenvalue weighted by molar-refractivity contribution is -0.148. The van der Waals surface area contributed by atoms with Crippen molar-refractivity contribution in [3.63, 3.8) is 0 Å². The first-order valence-corrected chi connectivity index (χ1v) is 8.82. The van der Waals surface area contributed by atoms with E-state index in [0.29, 0.717) is 21.8 Å². The topological polar surface area (TPSA) is 81.7 Å². The van der Waals surface area contributed by atoms with Crippen LogP contribution in [0.5, 0.6) is 0 Å². The van der Waals surface area contributed by atoms with Crippen LogP contribution in [0.1, 0.15) is 28.4 Å². The summed E-state index contributed by atoms with van der Waals surface area (Å²) in [6.07, 6.45) is 1.74. The molecule has 2 rings (SSSR count). The highest BCUT2D eigenvalue weighted by Crippen LogP contribution is 2.23. The molecule has 0 bridgehead atoms. The first-order valence-electron chi connectivity index (χ1n) is 8.45. The molecule has 0 saturated carbocycles. The first kappa shape index (κ1) is 21.2. The van der Waals surface area contributed by atoms with E-state index in [9.17, 15) is 14.4 Å². The zero-order valence-corrected chi connectivity index (χ0v) is 16.4. The first-order chi connectivity index (χ1) is 13.3. The highest BCUT2D eigenvalue weighted by Gasteiger charge is 2.17. The van der Waals surface area contributed by atoms with Crippen LogP contribution in [0, 0.1) is 6.92 Å². The fraction of sp³-hybridized carbons (Fsp3) is 0.190. The lowest BCUT2D eigenvalue weighted by atomic mass is 10.1. The number of hydrogen-bond donors (Lipinski definition) is 1. The third-order valence-electron chi connectivity index (χ3n) is 3.93. The summed E-state index contributed by atoms with van der Waals surface area (Å²) in [6.45, 7) is 3.26. The van der Waals surface area contributed by atoms with E-state index >= 15 is 0 Å². The van der Waals surface area contributed by atoms with E-state index in [-0.39, 0.29) is 0 Å². The molecule has 1 amide bonds. The molecule has 0 spiro atoms. The number of anilines is 1. The van der Waals surface area contributed by atoms with Crippen molar-refractivity contribution in [1.29, 1.82) is 0 Å². The van der Waals surface area contributed by atoms with Crippen molar-refractivity contribution in [3.8, 4) is 0 Å². The maximum Gasteiger partial charge on any atom is 0.337 e. The van der Waals surface area contributed by atoms with E-state index < -0.39 is 23.9 Å². The normalized spacial score (nSPS) is 11.7. The number of ether oxygens (including phenoxy) is 2. The Bertz CT molecular complexity index is 906. The molecule has 0 saturated heterocycles. The van der Waals surface area contributed by atoms with Gasteiger partial charge in [-0.1, -0.05) is 29.8 Å². The quantitative estimate of drug-likeness (QED) is 0.584. The molecule has 2 aromatic carbocycles. The second kappa shape index (κ2) is 9.71. The average molecular weight is 402 g/mol. The predicted molar refractivity (Wildman–Crippen MR) is 107 cm³/mol. The Kier molecular flexibility index (Phi) is 7.35. The molecule has 0 heterocycles. The number of benzene rings is 2. The molecule has 0 aliphatic carbocycles. The number of halogens is 1. The average Bonchev–Trinajstić information content (AvgIpc) is 2.69. The van der Waals surface area contributed by atoms with Gasteiger partial charge in [0.15, 0.2) is 6.10 Å². The Morgan fingerprint density at radius 1 is 1.11 bits per heavy atom. The lowest BCUT2D eigenvalue weighted by Gasteiger charge is -2.14. The number of amides is 1. The SMILES string of the molecule is COC(=O)c1ccc(/C=C/C(=O)O[C@@H](C)C(=O)Nc2cccc(Cl)c2C)cc1. The highest BCUT2D eigenvalue weighted by molar-refractivity contribution is 6.31. The zero-order chi connectivity index (χ0) is 20.7. The number of hydrogen-bond acceptors (Lipinski definition) is 5. The largest absolute Gasteiger partial charge is 0.465 e. The Labute approximate surface area is 168 Å². The second-order valence-corrected chi connectivity index (χ2v) is 6.33. The smallest absolute Gasteiger partial charge is 0.337 e. The predicted octanol–water partition coefficient (Wildman–Crippen LogP) is 4.02. The van der Waals surface area contributed by atoms with Crippen molar-refractivity contribution in [2.24, 2.45) is 0 Å². The van der Waals surface area contributed by atoms with Crippen LogP contribution in [-0.2, 0) is 19.1 Å². The van der Waals surface area contributed by atoms with Gasteiger partial charge in [0.2, 0.25) is 0 Å². The monoisotopic (exact) mass is 401 g/mol. The van der Waals surface area contributed by atoms with E-state index in [1.54, 1.807) is 49.4 Å². The fourth-order valence-corrected chi connectivity index (χ4v) is 2.43. The number of carbonyl (C=O) groups is 3. The molecule has 1 N–H and O–H groups in total. The molecular weight excluding hydrogens is 382 g/mol. The molecular formula is C21H20ClNO5. The third kappa shape index (κ3) is 5.69. The van der Waals surface area contributed by atoms with Gasteiger partial charge >= 0.3 is 11.9 Å². The maximum atomic E-state index is 12.2. The third-order valence-corrected chi connectivity index (χ3v) is 4.34. The van der Waals surface area contributed by atoms with Gasteiger partial charge < -0.3 is 14.8 Å². The van der Waals surface area contributed by atoms with Gasteiger partial charge in [0.05, 0.1) is 12.7 Å². The van der Waals surface area contributed by atoms with Crippen molar-refractivity contribution >= 4 is 41.2 Å². The van der Waals surface area contributed by atoms with Crippen molar-refractivity contribution in [3.05, 3.63) is 70.3 Å². The van der Waals surface area contributed by atoms with E-state index in [2.05, 4.69) is 10.1 Å². The van der Waals surface area contributed by atoms with Crippen LogP contribution >= 0.6 is 11.6 Å². The molecule has 0 aliphatic rings.